The largest absolute Gasteiger partial charge is 0.505 e. The van der Waals surface area contributed by atoms with E-state index in [4.69, 9.17) is 0 Å². The van der Waals surface area contributed by atoms with Gasteiger partial charge in [0.15, 0.2) is 5.69 Å². The van der Waals surface area contributed by atoms with Gasteiger partial charge in [-0.3, -0.25) is 9.59 Å². The molecule has 6 nitrogen and oxygen atoms in total. The van der Waals surface area contributed by atoms with Gasteiger partial charge in [0.25, 0.3) is 11.8 Å². The molecule has 0 aromatic carbocycles. The van der Waals surface area contributed by atoms with E-state index in [9.17, 15) is 23.5 Å². The smallest absolute Gasteiger partial charge is 0.273 e. The van der Waals surface area contributed by atoms with Crippen molar-refractivity contribution in [2.24, 2.45) is 11.8 Å². The molecule has 2 N–H and O–H groups in total. The summed E-state index contributed by atoms with van der Waals surface area (Å²) >= 11 is 0. The Bertz CT molecular complexity index is 637. The predicted molar refractivity (Wildman–Crippen MR) is 80.6 cm³/mol. The first kappa shape index (κ1) is 16.6. The lowest BCUT2D eigenvalue weighted by atomic mass is 10.2. The number of nitrogens with zero attached hydrogens (tertiary/aromatic N) is 2. The molecule has 2 amide bonds. The molecule has 2 atom stereocenters. The fraction of sp³-hybridized carbons (Fsp3) is 0.562. The molecule has 0 radical (unpaired) electrons. The number of likely N-dealkylation sites (tertiary alicyclic amines) is 1. The molecular formula is C16H19F2N3O3. The Hall–Kier alpha value is -2.25. The number of alkyl halides is 2. The maximum Gasteiger partial charge on any atom is 0.273 e. The third kappa shape index (κ3) is 3.18. The lowest BCUT2D eigenvalue weighted by Crippen LogP contribution is -2.36. The first-order valence-corrected chi connectivity index (χ1v) is 7.99. The van der Waals surface area contributed by atoms with Crippen LogP contribution in [0, 0.1) is 11.8 Å². The van der Waals surface area contributed by atoms with E-state index in [1.807, 2.05) is 0 Å². The van der Waals surface area contributed by atoms with Crippen molar-refractivity contribution in [1.29, 1.82) is 0 Å². The molecule has 130 valence electrons. The van der Waals surface area contributed by atoms with E-state index in [2.05, 4.69) is 10.3 Å². The predicted octanol–water partition coefficient (Wildman–Crippen LogP) is 1.41. The first-order valence-electron chi connectivity index (χ1n) is 7.99. The summed E-state index contributed by atoms with van der Waals surface area (Å²) in [7, 11) is 0. The van der Waals surface area contributed by atoms with Gasteiger partial charge in [-0.25, -0.2) is 13.8 Å². The van der Waals surface area contributed by atoms with Crippen LogP contribution in [0.2, 0.25) is 0 Å². The summed E-state index contributed by atoms with van der Waals surface area (Å²) in [5.74, 6) is -4.66. The Morgan fingerprint density at radius 3 is 2.62 bits per heavy atom. The topological polar surface area (TPSA) is 82.5 Å². The molecule has 1 saturated carbocycles. The number of nitrogens with one attached hydrogen (secondary N) is 1. The van der Waals surface area contributed by atoms with Crippen molar-refractivity contribution in [3.05, 3.63) is 24.0 Å². The molecular weight excluding hydrogens is 320 g/mol. The summed E-state index contributed by atoms with van der Waals surface area (Å²) < 4.78 is 26.6. The number of aromatic nitrogens is 1. The number of carbonyl (C=O) groups is 2. The monoisotopic (exact) mass is 339 g/mol. The number of amides is 2. The van der Waals surface area contributed by atoms with Crippen LogP contribution in [0.25, 0.3) is 0 Å². The molecule has 0 spiro atoms. The zero-order chi connectivity index (χ0) is 17.3. The molecule has 1 saturated heterocycles. The van der Waals surface area contributed by atoms with Crippen LogP contribution < -0.4 is 5.32 Å². The zero-order valence-corrected chi connectivity index (χ0v) is 13.0. The molecule has 24 heavy (non-hydrogen) atoms. The summed E-state index contributed by atoms with van der Waals surface area (Å²) in [6.07, 6.45) is 2.14. The van der Waals surface area contributed by atoms with Crippen LogP contribution in [0.5, 0.6) is 5.75 Å². The number of pyridine rings is 1. The standard InChI is InChI=1S/C16H19F2N3O3/c17-16(18)10-4-8-21(9-5-11(10)16)13(23)3-7-20-15(24)14-12(22)2-1-6-19-14/h1-2,6,10-11,22H,3-5,7-9H2,(H,20,24). The van der Waals surface area contributed by atoms with Gasteiger partial charge in [0.2, 0.25) is 5.91 Å². The molecule has 2 heterocycles. The van der Waals surface area contributed by atoms with Gasteiger partial charge in [0.05, 0.1) is 0 Å². The van der Waals surface area contributed by atoms with Gasteiger partial charge in [-0.05, 0) is 25.0 Å². The number of carbonyl (C=O) groups excluding carboxylic acids is 2. The van der Waals surface area contributed by atoms with Crippen molar-refractivity contribution < 1.29 is 23.5 Å². The normalized spacial score (nSPS) is 24.7. The van der Waals surface area contributed by atoms with Gasteiger partial charge < -0.3 is 15.3 Å². The summed E-state index contributed by atoms with van der Waals surface area (Å²) in [5.41, 5.74) is -0.0953. The highest BCUT2D eigenvalue weighted by atomic mass is 19.3. The molecule has 1 aliphatic carbocycles. The maximum atomic E-state index is 13.3. The van der Waals surface area contributed by atoms with Gasteiger partial charge in [-0.2, -0.15) is 0 Å². The summed E-state index contributed by atoms with van der Waals surface area (Å²) in [5, 5.41) is 12.1. The minimum atomic E-state index is -2.55. The SMILES string of the molecule is O=C(NCCC(=O)N1CCC2C(CC1)C2(F)F)c1ncccc1O. The van der Waals surface area contributed by atoms with Crippen LogP contribution in [0.15, 0.2) is 18.3 Å². The van der Waals surface area contributed by atoms with Gasteiger partial charge in [-0.1, -0.05) is 0 Å². The molecule has 1 aliphatic heterocycles. The van der Waals surface area contributed by atoms with Gasteiger partial charge >= 0.3 is 0 Å². The lowest BCUT2D eigenvalue weighted by Gasteiger charge is -2.21. The molecule has 2 aliphatic rings. The van der Waals surface area contributed by atoms with E-state index in [-0.39, 0.29) is 30.3 Å². The molecule has 1 aromatic rings. The molecule has 0 bridgehead atoms. The second-order valence-electron chi connectivity index (χ2n) is 6.22. The number of fused-ring (bicyclic) bond motifs is 1. The van der Waals surface area contributed by atoms with Crippen LogP contribution in [-0.2, 0) is 4.79 Å². The van der Waals surface area contributed by atoms with E-state index in [1.54, 1.807) is 4.90 Å². The van der Waals surface area contributed by atoms with Crippen molar-refractivity contribution in [3.63, 3.8) is 0 Å². The van der Waals surface area contributed by atoms with Gasteiger partial charge in [-0.15, -0.1) is 0 Å². The van der Waals surface area contributed by atoms with Crippen molar-refractivity contribution in [2.75, 3.05) is 19.6 Å². The maximum absolute atomic E-state index is 13.3. The second kappa shape index (κ2) is 6.33. The molecule has 3 rings (SSSR count). The Morgan fingerprint density at radius 1 is 1.33 bits per heavy atom. The van der Waals surface area contributed by atoms with Crippen molar-refractivity contribution in [2.45, 2.75) is 25.2 Å². The molecule has 8 heteroatoms. The highest BCUT2D eigenvalue weighted by Gasteiger charge is 2.67. The molecule has 2 fully saturated rings. The van der Waals surface area contributed by atoms with E-state index >= 15 is 0 Å². The highest BCUT2D eigenvalue weighted by molar-refractivity contribution is 5.94. The van der Waals surface area contributed by atoms with E-state index in [0.29, 0.717) is 25.9 Å². The van der Waals surface area contributed by atoms with Crippen LogP contribution in [0.4, 0.5) is 8.78 Å². The number of rotatable bonds is 4. The zero-order valence-electron chi connectivity index (χ0n) is 13.0. The van der Waals surface area contributed by atoms with Crippen molar-refractivity contribution >= 4 is 11.8 Å². The summed E-state index contributed by atoms with van der Waals surface area (Å²) in [4.78, 5) is 29.4. The van der Waals surface area contributed by atoms with Gasteiger partial charge in [0, 0.05) is 44.1 Å². The second-order valence-corrected chi connectivity index (χ2v) is 6.22. The minimum Gasteiger partial charge on any atom is -0.505 e. The first-order chi connectivity index (χ1) is 11.4. The Balaban J connectivity index is 1.43. The van der Waals surface area contributed by atoms with Crippen LogP contribution in [0.1, 0.15) is 29.8 Å². The van der Waals surface area contributed by atoms with Crippen LogP contribution in [0.3, 0.4) is 0 Å². The average Bonchev–Trinajstić information content (AvgIpc) is 3.16. The molecule has 2 unspecified atom stereocenters. The third-order valence-corrected chi connectivity index (χ3v) is 4.76. The summed E-state index contributed by atoms with van der Waals surface area (Å²) in [6, 6.07) is 2.86. The third-order valence-electron chi connectivity index (χ3n) is 4.76. The molecule has 1 aromatic heterocycles. The fourth-order valence-electron chi connectivity index (χ4n) is 3.30. The number of halogens is 2. The lowest BCUT2D eigenvalue weighted by molar-refractivity contribution is -0.131. The van der Waals surface area contributed by atoms with Crippen molar-refractivity contribution in [1.82, 2.24) is 15.2 Å². The Labute approximate surface area is 137 Å². The minimum absolute atomic E-state index is 0.0884. The van der Waals surface area contributed by atoms with E-state index < -0.39 is 23.7 Å². The highest BCUT2D eigenvalue weighted by Crippen LogP contribution is 2.59. The van der Waals surface area contributed by atoms with Crippen LogP contribution >= 0.6 is 0 Å². The van der Waals surface area contributed by atoms with Crippen LogP contribution in [-0.4, -0.2) is 52.4 Å². The van der Waals surface area contributed by atoms with Gasteiger partial charge in [0.1, 0.15) is 5.75 Å². The number of hydrogen-bond acceptors (Lipinski definition) is 4. The summed E-state index contributed by atoms with van der Waals surface area (Å²) in [6.45, 7) is 0.780. The van der Waals surface area contributed by atoms with E-state index in [1.165, 1.54) is 18.3 Å². The Kier molecular flexibility index (Phi) is 4.38. The number of aromatic hydroxyl groups is 1. The van der Waals surface area contributed by atoms with E-state index in [0.717, 1.165) is 0 Å². The average molecular weight is 339 g/mol. The van der Waals surface area contributed by atoms with Crippen molar-refractivity contribution in [3.8, 4) is 5.75 Å². The quantitative estimate of drug-likeness (QED) is 0.869. The Morgan fingerprint density at radius 2 is 2.00 bits per heavy atom. The fourth-order valence-corrected chi connectivity index (χ4v) is 3.30. The number of hydrogen-bond donors (Lipinski definition) is 2.